The molecule has 1 heterocycles. The van der Waals surface area contributed by atoms with Crippen LogP contribution in [0.3, 0.4) is 0 Å². The first-order valence-electron chi connectivity index (χ1n) is 11.6. The number of fused-ring (bicyclic) bond motifs is 1. The van der Waals surface area contributed by atoms with Crippen molar-refractivity contribution in [2.45, 2.75) is 97.1 Å². The molecule has 1 saturated heterocycles. The van der Waals surface area contributed by atoms with Gasteiger partial charge in [0.15, 0.2) is 8.32 Å². The van der Waals surface area contributed by atoms with Crippen LogP contribution < -0.4 is 0 Å². The molecule has 3 nitrogen and oxygen atoms in total. The number of hydrogen-bond acceptors (Lipinski definition) is 3. The van der Waals surface area contributed by atoms with E-state index in [2.05, 4.69) is 72.4 Å². The second-order valence-electron chi connectivity index (χ2n) is 11.2. The van der Waals surface area contributed by atoms with Crippen molar-refractivity contribution in [1.82, 2.24) is 0 Å². The van der Waals surface area contributed by atoms with E-state index in [1.54, 1.807) is 0 Å². The molecule has 1 radical (unpaired) electrons. The van der Waals surface area contributed by atoms with Gasteiger partial charge in [-0.2, -0.15) is 0 Å². The van der Waals surface area contributed by atoms with Gasteiger partial charge in [0.2, 0.25) is 0 Å². The molecule has 4 heteroatoms. The highest BCUT2D eigenvalue weighted by molar-refractivity contribution is 6.74. The summed E-state index contributed by atoms with van der Waals surface area (Å²) in [5.74, 6) is 2.30. The molecule has 163 valence electrons. The second-order valence-corrected chi connectivity index (χ2v) is 15.9. The lowest BCUT2D eigenvalue weighted by Gasteiger charge is -2.42. The lowest BCUT2D eigenvalue weighted by atomic mass is 9.66. The second kappa shape index (κ2) is 8.70. The van der Waals surface area contributed by atoms with Crippen molar-refractivity contribution in [3.63, 3.8) is 0 Å². The summed E-state index contributed by atoms with van der Waals surface area (Å²) in [4.78, 5) is 12.3. The van der Waals surface area contributed by atoms with Crippen molar-refractivity contribution >= 4 is 14.3 Å². The van der Waals surface area contributed by atoms with Crippen LogP contribution in [0.1, 0.15) is 66.7 Å². The third-order valence-corrected chi connectivity index (χ3v) is 12.2. The van der Waals surface area contributed by atoms with Crippen LogP contribution in [-0.4, -0.2) is 26.5 Å². The Kier molecular flexibility index (Phi) is 6.84. The maximum Gasteiger partial charge on any atom is 0.308 e. The number of esters is 1. The van der Waals surface area contributed by atoms with Gasteiger partial charge in [0, 0.05) is 6.42 Å². The van der Waals surface area contributed by atoms with E-state index < -0.39 is 8.32 Å². The van der Waals surface area contributed by atoms with Gasteiger partial charge in [-0.15, -0.1) is 0 Å². The zero-order valence-electron chi connectivity index (χ0n) is 19.5. The summed E-state index contributed by atoms with van der Waals surface area (Å²) in [5, 5.41) is 0.157. The Bertz CT molecular complexity index is 657. The first kappa shape index (κ1) is 22.8. The number of rotatable bonds is 5. The van der Waals surface area contributed by atoms with Crippen LogP contribution in [0.2, 0.25) is 18.1 Å². The SMILES string of the molecule is C[C@H]1C=C2C=C[C@H](C)[C@H](CC[C@@H]3C[C@@H](O[Si](C)(C)C(C)(C)C)CC(=O)O3)[C@H]2[CH]C1. The maximum atomic E-state index is 12.3. The zero-order chi connectivity index (χ0) is 21.4. The third-order valence-electron chi connectivity index (χ3n) is 7.66. The molecule has 6 atom stereocenters. The van der Waals surface area contributed by atoms with E-state index in [1.165, 1.54) is 12.0 Å². The van der Waals surface area contributed by atoms with Crippen LogP contribution in [-0.2, 0) is 14.0 Å². The molecule has 1 fully saturated rings. The Morgan fingerprint density at radius 3 is 2.62 bits per heavy atom. The molecule has 1 aliphatic heterocycles. The van der Waals surface area contributed by atoms with E-state index in [4.69, 9.17) is 9.16 Å². The number of allylic oxidation sites excluding steroid dienone is 4. The van der Waals surface area contributed by atoms with Crippen molar-refractivity contribution in [3.8, 4) is 0 Å². The van der Waals surface area contributed by atoms with Crippen molar-refractivity contribution in [3.05, 3.63) is 30.2 Å². The van der Waals surface area contributed by atoms with Gasteiger partial charge in [0.1, 0.15) is 6.10 Å². The molecule has 0 amide bonds. The Morgan fingerprint density at radius 1 is 1.21 bits per heavy atom. The molecule has 0 spiro atoms. The van der Waals surface area contributed by atoms with Crippen molar-refractivity contribution in [1.29, 1.82) is 0 Å². The van der Waals surface area contributed by atoms with E-state index >= 15 is 0 Å². The highest BCUT2D eigenvalue weighted by atomic mass is 28.4. The minimum atomic E-state index is -1.88. The molecule has 0 saturated carbocycles. The van der Waals surface area contributed by atoms with Crippen LogP contribution in [0.25, 0.3) is 0 Å². The Hall–Kier alpha value is -0.873. The van der Waals surface area contributed by atoms with E-state index in [-0.39, 0.29) is 23.2 Å². The van der Waals surface area contributed by atoms with Crippen LogP contribution >= 0.6 is 0 Å². The van der Waals surface area contributed by atoms with Gasteiger partial charge in [-0.1, -0.05) is 52.8 Å². The van der Waals surface area contributed by atoms with Crippen molar-refractivity contribution < 1.29 is 14.0 Å². The number of ether oxygens (including phenoxy) is 1. The first-order valence-corrected chi connectivity index (χ1v) is 14.5. The summed E-state index contributed by atoms with van der Waals surface area (Å²) in [6.07, 6.45) is 14.2. The topological polar surface area (TPSA) is 35.5 Å². The standard InChI is InChI=1S/C25H41O3Si/c1-17-8-12-23-19(14-17)10-9-18(2)22(23)13-11-20-15-21(16-24(26)27-20)28-29(6,7)25(3,4)5/h9-10,12,14,17-18,20-23H,8,11,13,15-16H2,1-7H3/t17-,18+,20-,21-,22+,23+/m1/s1. The maximum absolute atomic E-state index is 12.3. The third kappa shape index (κ3) is 5.44. The lowest BCUT2D eigenvalue weighted by molar-refractivity contribution is -0.160. The first-order chi connectivity index (χ1) is 13.5. The molecule has 0 unspecified atom stereocenters. The predicted octanol–water partition coefficient (Wildman–Crippen LogP) is 6.47. The smallest absolute Gasteiger partial charge is 0.308 e. The van der Waals surface area contributed by atoms with E-state index in [0.717, 1.165) is 19.3 Å². The summed E-state index contributed by atoms with van der Waals surface area (Å²) < 4.78 is 12.3. The van der Waals surface area contributed by atoms with Gasteiger partial charge in [0.05, 0.1) is 12.5 Å². The summed E-state index contributed by atoms with van der Waals surface area (Å²) >= 11 is 0. The van der Waals surface area contributed by atoms with Gasteiger partial charge in [-0.05, 0) is 73.1 Å². The van der Waals surface area contributed by atoms with Crippen LogP contribution in [0, 0.1) is 30.1 Å². The summed E-state index contributed by atoms with van der Waals surface area (Å²) in [5.41, 5.74) is 1.49. The van der Waals surface area contributed by atoms with Gasteiger partial charge in [0.25, 0.3) is 0 Å². The molecular weight excluding hydrogens is 376 g/mol. The van der Waals surface area contributed by atoms with E-state index in [9.17, 15) is 4.79 Å². The highest BCUT2D eigenvalue weighted by Crippen LogP contribution is 2.44. The van der Waals surface area contributed by atoms with Crippen molar-refractivity contribution in [2.24, 2.45) is 23.7 Å². The summed E-state index contributed by atoms with van der Waals surface area (Å²) in [6, 6.07) is 0. The summed E-state index contributed by atoms with van der Waals surface area (Å²) in [7, 11) is -1.88. The molecule has 0 bridgehead atoms. The molecule has 3 rings (SSSR count). The number of carbonyl (C=O) groups is 1. The molecule has 0 N–H and O–H groups in total. The monoisotopic (exact) mass is 417 g/mol. The number of carbonyl (C=O) groups excluding carboxylic acids is 1. The zero-order valence-corrected chi connectivity index (χ0v) is 20.5. The Labute approximate surface area is 179 Å². The molecule has 29 heavy (non-hydrogen) atoms. The largest absolute Gasteiger partial charge is 0.462 e. The number of cyclic esters (lactones) is 1. The van der Waals surface area contributed by atoms with Crippen LogP contribution in [0.15, 0.2) is 23.8 Å². The predicted molar refractivity (Wildman–Crippen MR) is 122 cm³/mol. The minimum Gasteiger partial charge on any atom is -0.462 e. The van der Waals surface area contributed by atoms with E-state index in [0.29, 0.717) is 30.1 Å². The molecule has 2 aliphatic carbocycles. The van der Waals surface area contributed by atoms with Gasteiger partial charge in [-0.3, -0.25) is 4.79 Å². The Balaban J connectivity index is 1.61. The molecule has 0 aromatic rings. The van der Waals surface area contributed by atoms with E-state index in [1.807, 2.05) is 0 Å². The fourth-order valence-electron chi connectivity index (χ4n) is 4.85. The van der Waals surface area contributed by atoms with Crippen LogP contribution in [0.5, 0.6) is 0 Å². The highest BCUT2D eigenvalue weighted by Gasteiger charge is 2.42. The van der Waals surface area contributed by atoms with Gasteiger partial charge >= 0.3 is 5.97 Å². The molecule has 0 aromatic carbocycles. The average Bonchev–Trinajstić information content (AvgIpc) is 2.59. The minimum absolute atomic E-state index is 0.000863. The van der Waals surface area contributed by atoms with Crippen LogP contribution in [0.4, 0.5) is 0 Å². The van der Waals surface area contributed by atoms with Gasteiger partial charge in [-0.25, -0.2) is 0 Å². The van der Waals surface area contributed by atoms with Crippen molar-refractivity contribution in [2.75, 3.05) is 0 Å². The normalized spacial score (nSPS) is 35.7. The van der Waals surface area contributed by atoms with Gasteiger partial charge < -0.3 is 9.16 Å². The molecule has 3 aliphatic rings. The number of hydrogen-bond donors (Lipinski definition) is 0. The quantitative estimate of drug-likeness (QED) is 0.380. The lowest BCUT2D eigenvalue weighted by Crippen LogP contribution is -2.47. The average molecular weight is 418 g/mol. The molecule has 0 aromatic heterocycles. The molecular formula is C25H41O3Si. The Morgan fingerprint density at radius 2 is 1.93 bits per heavy atom. The fraction of sp³-hybridized carbons (Fsp3) is 0.760. The summed E-state index contributed by atoms with van der Waals surface area (Å²) in [6.45, 7) is 15.9. The fourth-order valence-corrected chi connectivity index (χ4v) is 6.22.